The Balaban J connectivity index is 1.45. The lowest BCUT2D eigenvalue weighted by Crippen LogP contribution is -2.47. The average molecular weight is 477 g/mol. The van der Waals surface area contributed by atoms with Crippen LogP contribution in [0.3, 0.4) is 0 Å². The van der Waals surface area contributed by atoms with Gasteiger partial charge in [-0.1, -0.05) is 6.07 Å². The van der Waals surface area contributed by atoms with Gasteiger partial charge in [0.25, 0.3) is 5.91 Å². The predicted molar refractivity (Wildman–Crippen MR) is 129 cm³/mol. The number of carbonyl (C=O) groups is 1. The van der Waals surface area contributed by atoms with E-state index >= 15 is 0 Å². The maximum absolute atomic E-state index is 12.1. The molecule has 1 aliphatic carbocycles. The van der Waals surface area contributed by atoms with Gasteiger partial charge in [0.05, 0.1) is 47.4 Å². The number of benzene rings is 1. The molecule has 2 aliphatic rings. The van der Waals surface area contributed by atoms with Gasteiger partial charge in [-0.25, -0.2) is 4.98 Å². The maximum atomic E-state index is 12.1. The number of aromatic nitrogens is 5. The summed E-state index contributed by atoms with van der Waals surface area (Å²) in [6.07, 6.45) is 4.77. The molecule has 1 aromatic carbocycles. The first-order chi connectivity index (χ1) is 17.5. The van der Waals surface area contributed by atoms with Gasteiger partial charge >= 0.3 is 0 Å². The molecule has 4 aromatic rings. The van der Waals surface area contributed by atoms with Crippen molar-refractivity contribution in [2.24, 2.45) is 5.92 Å². The van der Waals surface area contributed by atoms with Gasteiger partial charge in [-0.3, -0.25) is 14.7 Å². The van der Waals surface area contributed by atoms with Gasteiger partial charge in [-0.15, -0.1) is 0 Å². The molecule has 0 N–H and O–H groups in total. The summed E-state index contributed by atoms with van der Waals surface area (Å²) in [7, 11) is 1.68. The largest absolute Gasteiger partial charge is 0.480 e. The molecule has 3 aromatic heterocycles. The van der Waals surface area contributed by atoms with Crippen molar-refractivity contribution >= 4 is 22.6 Å². The maximum Gasteiger partial charge on any atom is 0.265 e. The Morgan fingerprint density at radius 1 is 1.19 bits per heavy atom. The minimum Gasteiger partial charge on any atom is -0.480 e. The van der Waals surface area contributed by atoms with E-state index in [0.717, 1.165) is 22.0 Å². The number of hydrogen-bond donors (Lipinski definition) is 0. The minimum absolute atomic E-state index is 0.00731. The van der Waals surface area contributed by atoms with Crippen LogP contribution < -0.4 is 9.64 Å². The summed E-state index contributed by atoms with van der Waals surface area (Å²) in [6, 6.07) is 15.9. The molecule has 1 saturated carbocycles. The minimum atomic E-state index is -0.559. The number of amides is 1. The highest BCUT2D eigenvalue weighted by molar-refractivity contribution is 5.98. The van der Waals surface area contributed by atoms with Crippen LogP contribution >= 0.6 is 0 Å². The molecule has 4 heterocycles. The first-order valence-electron chi connectivity index (χ1n) is 11.5. The Labute approximate surface area is 206 Å². The van der Waals surface area contributed by atoms with Crippen LogP contribution in [0, 0.1) is 28.6 Å². The number of likely N-dealkylation sites (N-methyl/N-ethyl adjacent to an activating group) is 1. The molecule has 1 fully saturated rings. The van der Waals surface area contributed by atoms with Gasteiger partial charge in [0.1, 0.15) is 5.69 Å². The summed E-state index contributed by atoms with van der Waals surface area (Å²) in [6.45, 7) is -0.00731. The van der Waals surface area contributed by atoms with Gasteiger partial charge in [0.15, 0.2) is 18.2 Å². The van der Waals surface area contributed by atoms with Crippen molar-refractivity contribution in [2.45, 2.75) is 24.8 Å². The van der Waals surface area contributed by atoms with Crippen LogP contribution in [0.15, 0.2) is 48.8 Å². The molecular weight excluding hydrogens is 456 g/mol. The third-order valence-corrected chi connectivity index (χ3v) is 6.93. The number of hydrogen-bond acceptors (Lipinski definition) is 8. The van der Waals surface area contributed by atoms with Crippen LogP contribution in [0.1, 0.15) is 19.3 Å². The molecule has 36 heavy (non-hydrogen) atoms. The van der Waals surface area contributed by atoms with Crippen molar-refractivity contribution in [1.82, 2.24) is 25.0 Å². The van der Waals surface area contributed by atoms with E-state index in [-0.39, 0.29) is 24.9 Å². The summed E-state index contributed by atoms with van der Waals surface area (Å²) in [5, 5.41) is 28.8. The fourth-order valence-corrected chi connectivity index (χ4v) is 4.94. The second-order valence-corrected chi connectivity index (χ2v) is 9.17. The zero-order valence-corrected chi connectivity index (χ0v) is 19.4. The second kappa shape index (κ2) is 8.14. The summed E-state index contributed by atoms with van der Waals surface area (Å²) >= 11 is 0. The number of rotatable bonds is 4. The molecule has 0 spiro atoms. The van der Waals surface area contributed by atoms with E-state index in [1.807, 2.05) is 36.4 Å². The standard InChI is InChI=1S/C26H20N8O2/c1-33-24(35)15-36-23-5-4-20(31-25(23)33)17-9-19(18-3-2-8-29-21(18)10-17)22-14-30-34(32-22)26(6-7-27)11-16(12-26)13-28/h2-5,8-10,14,16H,6,11-12,15H2,1H3. The van der Waals surface area contributed by atoms with Crippen molar-refractivity contribution < 1.29 is 9.53 Å². The van der Waals surface area contributed by atoms with Crippen LogP contribution in [-0.4, -0.2) is 44.5 Å². The van der Waals surface area contributed by atoms with E-state index in [4.69, 9.17) is 14.8 Å². The van der Waals surface area contributed by atoms with Crippen LogP contribution in [0.25, 0.3) is 33.4 Å². The van der Waals surface area contributed by atoms with Crippen molar-refractivity contribution in [3.8, 4) is 40.4 Å². The highest BCUT2D eigenvalue weighted by Crippen LogP contribution is 2.45. The highest BCUT2D eigenvalue weighted by Gasteiger charge is 2.48. The number of nitrogens with zero attached hydrogens (tertiary/aromatic N) is 8. The first-order valence-corrected chi connectivity index (χ1v) is 11.5. The Morgan fingerprint density at radius 2 is 2.06 bits per heavy atom. The smallest absolute Gasteiger partial charge is 0.265 e. The van der Waals surface area contributed by atoms with Gasteiger partial charge in [-0.2, -0.15) is 25.5 Å². The molecule has 0 unspecified atom stereocenters. The van der Waals surface area contributed by atoms with Crippen molar-refractivity contribution in [2.75, 3.05) is 18.6 Å². The van der Waals surface area contributed by atoms with Crippen LogP contribution in [0.2, 0.25) is 0 Å². The van der Waals surface area contributed by atoms with E-state index in [2.05, 4.69) is 22.2 Å². The Kier molecular flexibility index (Phi) is 4.90. The first kappa shape index (κ1) is 21.7. The zero-order chi connectivity index (χ0) is 24.9. The topological polar surface area (TPSA) is 134 Å². The third-order valence-electron chi connectivity index (χ3n) is 6.93. The zero-order valence-electron chi connectivity index (χ0n) is 19.4. The molecule has 10 nitrogen and oxygen atoms in total. The van der Waals surface area contributed by atoms with Crippen LogP contribution in [0.4, 0.5) is 5.82 Å². The molecule has 0 radical (unpaired) electrons. The van der Waals surface area contributed by atoms with Gasteiger partial charge in [0.2, 0.25) is 0 Å². The lowest BCUT2D eigenvalue weighted by atomic mass is 9.68. The van der Waals surface area contributed by atoms with E-state index < -0.39 is 5.54 Å². The normalized spacial score (nSPS) is 20.7. The molecule has 0 atom stereocenters. The third kappa shape index (κ3) is 3.35. The van der Waals surface area contributed by atoms with E-state index in [1.54, 1.807) is 24.2 Å². The quantitative estimate of drug-likeness (QED) is 0.437. The summed E-state index contributed by atoms with van der Waals surface area (Å²) < 4.78 is 5.52. The van der Waals surface area contributed by atoms with E-state index in [1.165, 1.54) is 4.90 Å². The summed E-state index contributed by atoms with van der Waals surface area (Å²) in [4.78, 5) is 24.5. The lowest BCUT2D eigenvalue weighted by molar-refractivity contribution is -0.121. The van der Waals surface area contributed by atoms with E-state index in [0.29, 0.717) is 35.8 Å². The Hall–Kier alpha value is -4.83. The number of ether oxygens (including phenoxy) is 1. The van der Waals surface area contributed by atoms with Crippen LogP contribution in [-0.2, 0) is 10.3 Å². The van der Waals surface area contributed by atoms with Crippen LogP contribution in [0.5, 0.6) is 5.75 Å². The molecule has 0 bridgehead atoms. The molecule has 176 valence electrons. The molecule has 6 rings (SSSR count). The number of nitriles is 2. The van der Waals surface area contributed by atoms with Gasteiger partial charge in [0, 0.05) is 29.8 Å². The monoisotopic (exact) mass is 476 g/mol. The highest BCUT2D eigenvalue weighted by atomic mass is 16.5. The predicted octanol–water partition coefficient (Wildman–Crippen LogP) is 3.45. The second-order valence-electron chi connectivity index (χ2n) is 9.17. The molecule has 1 aliphatic heterocycles. The van der Waals surface area contributed by atoms with Crippen molar-refractivity contribution in [3.63, 3.8) is 0 Å². The Morgan fingerprint density at radius 3 is 2.86 bits per heavy atom. The SMILES string of the molecule is CN1C(=O)COc2ccc(-c3cc(-c4cnn(C5(CC#N)CC(C#N)C5)n4)c4cccnc4c3)nc21. The van der Waals surface area contributed by atoms with Gasteiger partial charge < -0.3 is 4.74 Å². The number of anilines is 1. The molecule has 1 amide bonds. The van der Waals surface area contributed by atoms with Crippen molar-refractivity contribution in [3.05, 3.63) is 48.8 Å². The number of carbonyl (C=O) groups excluding carboxylic acids is 1. The summed E-state index contributed by atoms with van der Waals surface area (Å²) in [5.41, 5.74) is 3.14. The fourth-order valence-electron chi connectivity index (χ4n) is 4.94. The number of fused-ring (bicyclic) bond motifs is 2. The molecule has 10 heteroatoms. The van der Waals surface area contributed by atoms with Gasteiger partial charge in [-0.05, 0) is 43.2 Å². The Bertz CT molecular complexity index is 1610. The lowest BCUT2D eigenvalue weighted by Gasteiger charge is -2.42. The molecule has 0 saturated heterocycles. The molecular formula is C26H20N8O2. The fraction of sp³-hybridized carbons (Fsp3) is 0.269. The number of pyridine rings is 2. The van der Waals surface area contributed by atoms with E-state index in [9.17, 15) is 15.3 Å². The van der Waals surface area contributed by atoms with Crippen molar-refractivity contribution in [1.29, 1.82) is 10.5 Å². The average Bonchev–Trinajstić information content (AvgIpc) is 3.38. The summed E-state index contributed by atoms with van der Waals surface area (Å²) in [5.74, 6) is 0.769.